The van der Waals surface area contributed by atoms with Gasteiger partial charge in [0.25, 0.3) is 0 Å². The molecule has 1 atom stereocenters. The minimum Gasteiger partial charge on any atom is -0.380 e. The van der Waals surface area contributed by atoms with E-state index in [0.29, 0.717) is 5.65 Å². The monoisotopic (exact) mass is 198 g/mol. The molecule has 0 radical (unpaired) electrons. The predicted molar refractivity (Wildman–Crippen MR) is 48.1 cm³/mol. The Morgan fingerprint density at radius 1 is 1.57 bits per heavy atom. The first-order chi connectivity index (χ1) is 6.59. The maximum Gasteiger partial charge on any atom is 0.226 e. The van der Waals surface area contributed by atoms with Crippen molar-refractivity contribution < 1.29 is 9.94 Å². The van der Waals surface area contributed by atoms with Crippen LogP contribution in [-0.2, 0) is 0 Å². The van der Waals surface area contributed by atoms with Crippen LogP contribution < -0.4 is 16.3 Å². The Kier molecular flexibility index (Phi) is 1.71. The van der Waals surface area contributed by atoms with Crippen LogP contribution in [0.15, 0.2) is 6.33 Å². The highest BCUT2D eigenvalue weighted by molar-refractivity contribution is 5.63. The van der Waals surface area contributed by atoms with E-state index in [0.717, 1.165) is 0 Å². The van der Waals surface area contributed by atoms with Gasteiger partial charge in [0.1, 0.15) is 0 Å². The van der Waals surface area contributed by atoms with E-state index in [-0.39, 0.29) is 11.8 Å². The summed E-state index contributed by atoms with van der Waals surface area (Å²) in [5.41, 5.74) is 11.5. The average Bonchev–Trinajstić information content (AvgIpc) is 2.56. The third-order valence-corrected chi connectivity index (χ3v) is 1.62. The molecule has 2 aromatic rings. The molecule has 0 aliphatic rings. The number of imidazole rings is 1. The number of rotatable bonds is 2. The SMILES string of the molecule is CC(O)On1cnc2c(N)nc(N)n21. The van der Waals surface area contributed by atoms with Gasteiger partial charge >= 0.3 is 0 Å². The molecule has 8 heteroatoms. The number of nitrogens with zero attached hydrogens (tertiary/aromatic N) is 4. The summed E-state index contributed by atoms with van der Waals surface area (Å²) in [4.78, 5) is 13.8. The molecule has 0 fully saturated rings. The number of aromatic nitrogens is 4. The standard InChI is InChI=1S/C6H10N6O2/c1-3(13)14-11-2-9-5-4(7)10-6(8)12(5)11/h2-3,13H,7H2,1H3,(H2,8,10). The van der Waals surface area contributed by atoms with E-state index in [1.165, 1.54) is 22.6 Å². The van der Waals surface area contributed by atoms with Gasteiger partial charge in [-0.2, -0.15) is 9.50 Å². The molecule has 0 amide bonds. The molecule has 2 rings (SSSR count). The molecule has 0 spiro atoms. The zero-order valence-electron chi connectivity index (χ0n) is 7.45. The van der Waals surface area contributed by atoms with Gasteiger partial charge in [0.05, 0.1) is 0 Å². The zero-order chi connectivity index (χ0) is 10.3. The van der Waals surface area contributed by atoms with Crippen molar-refractivity contribution >= 4 is 17.4 Å². The molecule has 2 heterocycles. The van der Waals surface area contributed by atoms with Gasteiger partial charge in [0.15, 0.2) is 12.1 Å². The van der Waals surface area contributed by atoms with E-state index < -0.39 is 6.29 Å². The van der Waals surface area contributed by atoms with Crippen LogP contribution in [0.4, 0.5) is 11.8 Å². The molecule has 0 aliphatic heterocycles. The summed E-state index contributed by atoms with van der Waals surface area (Å²) >= 11 is 0. The van der Waals surface area contributed by atoms with Crippen LogP contribution in [-0.4, -0.2) is 30.7 Å². The fourth-order valence-electron chi connectivity index (χ4n) is 1.14. The maximum absolute atomic E-state index is 9.00. The van der Waals surface area contributed by atoms with Gasteiger partial charge in [0, 0.05) is 6.92 Å². The molecule has 5 N–H and O–H groups in total. The topological polar surface area (TPSA) is 117 Å². The minimum atomic E-state index is -0.976. The fraction of sp³-hybridized carbons (Fsp3) is 0.333. The van der Waals surface area contributed by atoms with Gasteiger partial charge in [-0.1, -0.05) is 4.85 Å². The van der Waals surface area contributed by atoms with Crippen molar-refractivity contribution in [3.8, 4) is 0 Å². The lowest BCUT2D eigenvalue weighted by Crippen LogP contribution is -2.24. The molecule has 8 nitrogen and oxygen atoms in total. The summed E-state index contributed by atoms with van der Waals surface area (Å²) in [5.74, 6) is 0.367. The number of nitrogen functional groups attached to an aromatic ring is 2. The van der Waals surface area contributed by atoms with Crippen molar-refractivity contribution in [3.63, 3.8) is 0 Å². The van der Waals surface area contributed by atoms with Gasteiger partial charge in [0.2, 0.25) is 17.9 Å². The summed E-state index contributed by atoms with van der Waals surface area (Å²) in [6, 6.07) is 0. The second-order valence-electron chi connectivity index (χ2n) is 2.74. The van der Waals surface area contributed by atoms with E-state index in [2.05, 4.69) is 9.97 Å². The molecule has 14 heavy (non-hydrogen) atoms. The summed E-state index contributed by atoms with van der Waals surface area (Å²) in [6.45, 7) is 1.46. The molecule has 0 aliphatic carbocycles. The van der Waals surface area contributed by atoms with E-state index >= 15 is 0 Å². The van der Waals surface area contributed by atoms with Crippen LogP contribution in [0.1, 0.15) is 6.92 Å². The fourth-order valence-corrected chi connectivity index (χ4v) is 1.14. The van der Waals surface area contributed by atoms with Crippen molar-refractivity contribution in [1.29, 1.82) is 0 Å². The average molecular weight is 198 g/mol. The molecule has 76 valence electrons. The summed E-state index contributed by atoms with van der Waals surface area (Å²) < 4.78 is 1.35. The number of hydrogen-bond acceptors (Lipinski definition) is 6. The van der Waals surface area contributed by atoms with Crippen LogP contribution in [0, 0.1) is 0 Å². The van der Waals surface area contributed by atoms with Crippen molar-refractivity contribution in [1.82, 2.24) is 19.3 Å². The molecule has 1 unspecified atom stereocenters. The molecule has 0 aromatic carbocycles. The van der Waals surface area contributed by atoms with Gasteiger partial charge in [-0.25, -0.2) is 4.98 Å². The lowest BCUT2D eigenvalue weighted by Gasteiger charge is -2.08. The molecule has 0 saturated heterocycles. The molecular weight excluding hydrogens is 188 g/mol. The largest absolute Gasteiger partial charge is 0.380 e. The van der Waals surface area contributed by atoms with E-state index in [9.17, 15) is 0 Å². The molecule has 0 saturated carbocycles. The number of fused-ring (bicyclic) bond motifs is 1. The second kappa shape index (κ2) is 2.77. The van der Waals surface area contributed by atoms with Crippen LogP contribution in [0.25, 0.3) is 5.65 Å². The van der Waals surface area contributed by atoms with Crippen molar-refractivity contribution in [2.24, 2.45) is 0 Å². The lowest BCUT2D eigenvalue weighted by atomic mass is 10.7. The van der Waals surface area contributed by atoms with Gasteiger partial charge in [-0.3, -0.25) is 0 Å². The summed E-state index contributed by atoms with van der Waals surface area (Å²) in [5, 5.41) is 9.00. The Hall–Kier alpha value is -1.96. The number of aliphatic hydroxyl groups is 1. The van der Waals surface area contributed by atoms with E-state index in [1.807, 2.05) is 0 Å². The Morgan fingerprint density at radius 2 is 2.29 bits per heavy atom. The van der Waals surface area contributed by atoms with Crippen molar-refractivity contribution in [2.75, 3.05) is 11.5 Å². The highest BCUT2D eigenvalue weighted by Gasteiger charge is 2.12. The first kappa shape index (κ1) is 8.63. The Labute approximate surface area is 78.6 Å². The maximum atomic E-state index is 9.00. The quantitative estimate of drug-likeness (QED) is 0.503. The number of nitrogens with two attached hydrogens (primary N) is 2. The molecular formula is C6H10N6O2. The Morgan fingerprint density at radius 3 is 2.93 bits per heavy atom. The third-order valence-electron chi connectivity index (χ3n) is 1.62. The lowest BCUT2D eigenvalue weighted by molar-refractivity contribution is -0.106. The molecule has 2 aromatic heterocycles. The number of anilines is 2. The summed E-state index contributed by atoms with van der Waals surface area (Å²) in [7, 11) is 0. The summed E-state index contributed by atoms with van der Waals surface area (Å²) in [6.07, 6.45) is 0.367. The van der Waals surface area contributed by atoms with Crippen molar-refractivity contribution in [3.05, 3.63) is 6.33 Å². The van der Waals surface area contributed by atoms with Gasteiger partial charge in [-0.15, -0.1) is 0 Å². The smallest absolute Gasteiger partial charge is 0.226 e. The van der Waals surface area contributed by atoms with Crippen LogP contribution in [0.5, 0.6) is 0 Å². The molecule has 0 bridgehead atoms. The van der Waals surface area contributed by atoms with Crippen molar-refractivity contribution in [2.45, 2.75) is 13.2 Å². The minimum absolute atomic E-state index is 0.149. The Balaban J connectivity index is 2.56. The number of hydrogen-bond donors (Lipinski definition) is 3. The highest BCUT2D eigenvalue weighted by atomic mass is 16.7. The Bertz CT molecular complexity index is 458. The predicted octanol–water partition coefficient (Wildman–Crippen LogP) is -1.54. The van der Waals surface area contributed by atoms with E-state index in [4.69, 9.17) is 21.4 Å². The van der Waals surface area contributed by atoms with Gasteiger partial charge in [-0.05, 0) is 0 Å². The third kappa shape index (κ3) is 1.12. The van der Waals surface area contributed by atoms with E-state index in [1.54, 1.807) is 0 Å². The second-order valence-corrected chi connectivity index (χ2v) is 2.74. The number of aliphatic hydroxyl groups excluding tert-OH is 1. The highest BCUT2D eigenvalue weighted by Crippen LogP contribution is 2.13. The van der Waals surface area contributed by atoms with Gasteiger partial charge < -0.3 is 21.4 Å². The first-order valence-electron chi connectivity index (χ1n) is 3.92. The first-order valence-corrected chi connectivity index (χ1v) is 3.92. The van der Waals surface area contributed by atoms with Crippen LogP contribution >= 0.6 is 0 Å². The van der Waals surface area contributed by atoms with Crippen LogP contribution in [0.2, 0.25) is 0 Å². The van der Waals surface area contributed by atoms with Crippen LogP contribution in [0.3, 0.4) is 0 Å². The normalized spacial score (nSPS) is 13.3. The zero-order valence-corrected chi connectivity index (χ0v) is 7.45.